The van der Waals surface area contributed by atoms with E-state index in [0.717, 1.165) is 37.7 Å². The molecule has 3 heteroatoms. The first-order valence-corrected chi connectivity index (χ1v) is 8.75. The van der Waals surface area contributed by atoms with Gasteiger partial charge in [0.25, 0.3) is 0 Å². The zero-order valence-electron chi connectivity index (χ0n) is 14.9. The minimum absolute atomic E-state index is 0.176. The maximum Gasteiger partial charge on any atom is 0.334 e. The van der Waals surface area contributed by atoms with Crippen LogP contribution in [0, 0.1) is 5.92 Å². The Labute approximate surface area is 140 Å². The van der Waals surface area contributed by atoms with Crippen LogP contribution in [0.1, 0.15) is 66.2 Å². The van der Waals surface area contributed by atoms with Crippen molar-refractivity contribution < 1.29 is 14.6 Å². The molecule has 0 amide bonds. The van der Waals surface area contributed by atoms with Crippen molar-refractivity contribution in [1.29, 1.82) is 0 Å². The first-order chi connectivity index (χ1) is 10.7. The number of allylic oxidation sites excluding steroid dienone is 3. The fraction of sp³-hybridized carbons (Fsp3) is 0.650. The Balaban J connectivity index is 2.35. The van der Waals surface area contributed by atoms with E-state index in [-0.39, 0.29) is 11.9 Å². The molecule has 2 bridgehead atoms. The van der Waals surface area contributed by atoms with Crippen LogP contribution < -0.4 is 0 Å². The number of carbonyl (C=O) groups is 1. The van der Waals surface area contributed by atoms with E-state index in [1.165, 1.54) is 5.57 Å². The Morgan fingerprint density at radius 3 is 2.52 bits per heavy atom. The average molecular weight is 318 g/mol. The number of fused-ring (bicyclic) bond motifs is 9. The standard InChI is InChI=1S/C20H30O3/c1-15(2)20-12-10-17(18(21)23-20)9-5-7-16(3)8-6-11-19(4,22)13-14-20/h8-9,13-15,22H,5-7,10-12H2,1-4H3/b14-13+,16-8+,17-9+/t19-,20+/m0/s1. The molecule has 0 radical (unpaired) electrons. The molecular formula is C20H30O3. The van der Waals surface area contributed by atoms with Crippen molar-refractivity contribution in [1.82, 2.24) is 0 Å². The maximum atomic E-state index is 12.4. The summed E-state index contributed by atoms with van der Waals surface area (Å²) in [5.74, 6) is -0.0250. The van der Waals surface area contributed by atoms with Crippen LogP contribution in [-0.2, 0) is 9.53 Å². The third-order valence-corrected chi connectivity index (χ3v) is 5.10. The van der Waals surface area contributed by atoms with E-state index in [2.05, 4.69) is 26.8 Å². The van der Waals surface area contributed by atoms with Crippen molar-refractivity contribution in [3.63, 3.8) is 0 Å². The summed E-state index contributed by atoms with van der Waals surface area (Å²) >= 11 is 0. The van der Waals surface area contributed by atoms with Crippen molar-refractivity contribution in [2.45, 2.75) is 77.4 Å². The Morgan fingerprint density at radius 2 is 1.87 bits per heavy atom. The van der Waals surface area contributed by atoms with Crippen LogP contribution in [0.4, 0.5) is 0 Å². The molecule has 128 valence electrons. The molecular weight excluding hydrogens is 288 g/mol. The predicted octanol–water partition coefficient (Wildman–Crippen LogP) is 4.47. The van der Waals surface area contributed by atoms with Crippen molar-refractivity contribution in [3.8, 4) is 0 Å². The quantitative estimate of drug-likeness (QED) is 0.573. The fourth-order valence-corrected chi connectivity index (χ4v) is 3.21. The van der Waals surface area contributed by atoms with Gasteiger partial charge in [-0.25, -0.2) is 4.79 Å². The van der Waals surface area contributed by atoms with Crippen molar-refractivity contribution in [3.05, 3.63) is 35.5 Å². The summed E-state index contributed by atoms with van der Waals surface area (Å²) in [5.41, 5.74) is 0.616. The number of esters is 1. The maximum absolute atomic E-state index is 12.4. The molecule has 1 aliphatic carbocycles. The lowest BCUT2D eigenvalue weighted by molar-refractivity contribution is -0.159. The minimum atomic E-state index is -0.884. The lowest BCUT2D eigenvalue weighted by Crippen LogP contribution is -2.43. The second kappa shape index (κ2) is 7.04. The van der Waals surface area contributed by atoms with Gasteiger partial charge in [0, 0.05) is 5.57 Å². The molecule has 0 spiro atoms. The van der Waals surface area contributed by atoms with Gasteiger partial charge in [-0.2, -0.15) is 0 Å². The van der Waals surface area contributed by atoms with E-state index in [9.17, 15) is 9.90 Å². The molecule has 23 heavy (non-hydrogen) atoms. The Morgan fingerprint density at radius 1 is 1.13 bits per heavy atom. The minimum Gasteiger partial charge on any atom is -0.451 e. The van der Waals surface area contributed by atoms with E-state index < -0.39 is 11.2 Å². The first-order valence-electron chi connectivity index (χ1n) is 8.75. The molecule has 0 unspecified atom stereocenters. The summed E-state index contributed by atoms with van der Waals surface area (Å²) in [6, 6.07) is 0. The van der Waals surface area contributed by atoms with Gasteiger partial charge < -0.3 is 9.84 Å². The summed E-state index contributed by atoms with van der Waals surface area (Å²) in [4.78, 5) is 12.4. The van der Waals surface area contributed by atoms with Gasteiger partial charge in [0.1, 0.15) is 5.60 Å². The Hall–Kier alpha value is -1.35. The zero-order valence-corrected chi connectivity index (χ0v) is 14.9. The molecule has 1 fully saturated rings. The topological polar surface area (TPSA) is 46.5 Å². The number of aliphatic hydroxyl groups is 1. The monoisotopic (exact) mass is 318 g/mol. The van der Waals surface area contributed by atoms with Gasteiger partial charge in [-0.3, -0.25) is 0 Å². The predicted molar refractivity (Wildman–Crippen MR) is 93.0 cm³/mol. The van der Waals surface area contributed by atoms with Gasteiger partial charge in [0.05, 0.1) is 5.60 Å². The first kappa shape index (κ1) is 18.0. The molecule has 0 aromatic heterocycles. The third-order valence-electron chi connectivity index (χ3n) is 5.10. The van der Waals surface area contributed by atoms with Crippen LogP contribution in [-0.4, -0.2) is 22.3 Å². The van der Waals surface area contributed by atoms with Crippen LogP contribution in [0.2, 0.25) is 0 Å². The molecule has 2 aliphatic heterocycles. The van der Waals surface area contributed by atoms with Gasteiger partial charge in [0.15, 0.2) is 0 Å². The number of hydrogen-bond donors (Lipinski definition) is 1. The summed E-state index contributed by atoms with van der Waals surface area (Å²) in [7, 11) is 0. The van der Waals surface area contributed by atoms with Crippen LogP contribution in [0.5, 0.6) is 0 Å². The number of carbonyl (C=O) groups excluding carboxylic acids is 1. The molecule has 3 nitrogen and oxygen atoms in total. The van der Waals surface area contributed by atoms with E-state index in [1.807, 2.05) is 25.2 Å². The zero-order chi connectivity index (χ0) is 17.1. The third kappa shape index (κ3) is 4.57. The lowest BCUT2D eigenvalue weighted by atomic mass is 9.80. The van der Waals surface area contributed by atoms with E-state index >= 15 is 0 Å². The normalized spacial score (nSPS) is 39.0. The second-order valence-corrected chi connectivity index (χ2v) is 7.55. The average Bonchev–Trinajstić information content (AvgIpc) is 2.46. The van der Waals surface area contributed by atoms with Gasteiger partial charge in [0.2, 0.25) is 0 Å². The summed E-state index contributed by atoms with van der Waals surface area (Å²) in [6.07, 6.45) is 12.8. The molecule has 0 aromatic carbocycles. The number of rotatable bonds is 1. The van der Waals surface area contributed by atoms with Gasteiger partial charge in [-0.05, 0) is 64.4 Å². The summed E-state index contributed by atoms with van der Waals surface area (Å²) < 4.78 is 5.84. The highest BCUT2D eigenvalue weighted by molar-refractivity contribution is 5.89. The van der Waals surface area contributed by atoms with Crippen molar-refractivity contribution >= 4 is 5.97 Å². The summed E-state index contributed by atoms with van der Waals surface area (Å²) in [5, 5.41) is 10.6. The molecule has 0 saturated carbocycles. The highest BCUT2D eigenvalue weighted by atomic mass is 16.6. The molecule has 1 N–H and O–H groups in total. The molecule has 0 aromatic rings. The SMILES string of the molecule is C/C1=C\CC[C@](C)(O)/C=C/[C@@]2(C(C)C)CC/C(=C\CC1)C(=O)O2. The van der Waals surface area contributed by atoms with Crippen molar-refractivity contribution in [2.24, 2.45) is 5.92 Å². The lowest BCUT2D eigenvalue weighted by Gasteiger charge is -2.39. The number of ether oxygens (including phenoxy) is 1. The Bertz CT molecular complexity index is 537. The van der Waals surface area contributed by atoms with E-state index in [1.54, 1.807) is 0 Å². The van der Waals surface area contributed by atoms with Crippen LogP contribution in [0.3, 0.4) is 0 Å². The second-order valence-electron chi connectivity index (χ2n) is 7.55. The summed E-state index contributed by atoms with van der Waals surface area (Å²) in [6.45, 7) is 8.06. The van der Waals surface area contributed by atoms with Crippen LogP contribution >= 0.6 is 0 Å². The van der Waals surface area contributed by atoms with E-state index in [4.69, 9.17) is 4.74 Å². The van der Waals surface area contributed by atoms with Crippen LogP contribution in [0.25, 0.3) is 0 Å². The molecule has 2 heterocycles. The molecule has 2 atom stereocenters. The largest absolute Gasteiger partial charge is 0.451 e. The number of hydrogen-bond acceptors (Lipinski definition) is 3. The van der Waals surface area contributed by atoms with E-state index in [0.29, 0.717) is 6.42 Å². The van der Waals surface area contributed by atoms with Gasteiger partial charge in [-0.15, -0.1) is 0 Å². The molecule has 1 saturated heterocycles. The van der Waals surface area contributed by atoms with Crippen LogP contribution in [0.15, 0.2) is 35.5 Å². The Kier molecular flexibility index (Phi) is 5.51. The van der Waals surface area contributed by atoms with Crippen molar-refractivity contribution in [2.75, 3.05) is 0 Å². The fourth-order valence-electron chi connectivity index (χ4n) is 3.21. The van der Waals surface area contributed by atoms with Gasteiger partial charge >= 0.3 is 5.97 Å². The van der Waals surface area contributed by atoms with Gasteiger partial charge in [-0.1, -0.05) is 37.6 Å². The molecule has 3 rings (SSSR count). The highest BCUT2D eigenvalue weighted by Gasteiger charge is 2.40. The highest BCUT2D eigenvalue weighted by Crippen LogP contribution is 2.37. The smallest absolute Gasteiger partial charge is 0.334 e. The molecule has 3 aliphatic rings.